The fraction of sp³-hybridized carbons (Fsp3) is 0.375. The topological polar surface area (TPSA) is 41.6 Å². The second kappa shape index (κ2) is 3.91. The van der Waals surface area contributed by atoms with E-state index in [4.69, 9.17) is 5.84 Å². The fourth-order valence-electron chi connectivity index (χ4n) is 0.792. The van der Waals surface area contributed by atoms with Gasteiger partial charge in [0, 0.05) is 19.8 Å². The minimum atomic E-state index is 0.0139. The summed E-state index contributed by atoms with van der Waals surface area (Å²) in [6, 6.07) is 0.0139. The molecule has 1 unspecified atom stereocenters. The van der Waals surface area contributed by atoms with Gasteiger partial charge >= 0.3 is 0 Å². The summed E-state index contributed by atoms with van der Waals surface area (Å²) in [5, 5.41) is 1.59. The smallest absolute Gasteiger partial charge is 0.125 e. The molecule has 0 aliphatic carbocycles. The monoisotopic (exact) mass is 149 g/mol. The number of rotatable bonds is 2. The van der Waals surface area contributed by atoms with Gasteiger partial charge in [0.25, 0.3) is 0 Å². The number of aliphatic imine (C=N–C) groups is 1. The van der Waals surface area contributed by atoms with Crippen molar-refractivity contribution >= 4 is 6.21 Å². The molecule has 0 spiro atoms. The maximum absolute atomic E-state index is 5.45. The zero-order chi connectivity index (χ0) is 8.10. The first-order chi connectivity index (χ1) is 5.29. The standard InChI is InChI=1S/C8H11N3/c1-11(9)7-8-5-3-2-4-6-10-8/h2,4,6,8H,7,9H2,1H3. The van der Waals surface area contributed by atoms with Crippen molar-refractivity contribution in [2.75, 3.05) is 13.6 Å². The highest BCUT2D eigenvalue weighted by molar-refractivity contribution is 5.73. The molecule has 0 saturated heterocycles. The van der Waals surface area contributed by atoms with E-state index in [0.29, 0.717) is 6.54 Å². The molecule has 0 fully saturated rings. The van der Waals surface area contributed by atoms with Gasteiger partial charge in [-0.3, -0.25) is 10.8 Å². The first-order valence-corrected chi connectivity index (χ1v) is 3.44. The lowest BCUT2D eigenvalue weighted by Crippen LogP contribution is -2.33. The lowest BCUT2D eigenvalue weighted by atomic mass is 10.3. The molecule has 0 bridgehead atoms. The summed E-state index contributed by atoms with van der Waals surface area (Å²) in [5.41, 5.74) is 0. The number of hydrogen-bond donors (Lipinski definition) is 1. The largest absolute Gasteiger partial charge is 0.275 e. The minimum Gasteiger partial charge on any atom is -0.275 e. The number of allylic oxidation sites excluding steroid dienone is 2. The molecule has 0 saturated carbocycles. The van der Waals surface area contributed by atoms with E-state index in [2.05, 4.69) is 16.8 Å². The summed E-state index contributed by atoms with van der Waals surface area (Å²) in [6.45, 7) is 0.672. The quantitative estimate of drug-likeness (QED) is 0.336. The summed E-state index contributed by atoms with van der Waals surface area (Å²) in [4.78, 5) is 4.16. The van der Waals surface area contributed by atoms with Crippen molar-refractivity contribution in [2.45, 2.75) is 6.04 Å². The summed E-state index contributed by atoms with van der Waals surface area (Å²) in [7, 11) is 1.80. The third-order valence-corrected chi connectivity index (χ3v) is 1.24. The van der Waals surface area contributed by atoms with Gasteiger partial charge in [0.15, 0.2) is 0 Å². The number of likely N-dealkylation sites (N-methyl/N-ethyl adjacent to an activating group) is 1. The first-order valence-electron chi connectivity index (χ1n) is 3.44. The zero-order valence-electron chi connectivity index (χ0n) is 6.49. The third-order valence-electron chi connectivity index (χ3n) is 1.24. The number of hydrazine groups is 1. The lowest BCUT2D eigenvalue weighted by Gasteiger charge is -2.10. The zero-order valence-corrected chi connectivity index (χ0v) is 6.49. The molecule has 3 nitrogen and oxygen atoms in total. The average Bonchev–Trinajstić information content (AvgIpc) is 2.14. The van der Waals surface area contributed by atoms with E-state index in [-0.39, 0.29) is 6.04 Å². The van der Waals surface area contributed by atoms with Gasteiger partial charge in [-0.05, 0) is 12.2 Å². The molecule has 0 radical (unpaired) electrons. The van der Waals surface area contributed by atoms with Gasteiger partial charge in [-0.15, -0.1) is 0 Å². The predicted octanol–water partition coefficient (Wildman–Crippen LogP) is -0.196. The molecule has 58 valence electrons. The summed E-state index contributed by atoms with van der Waals surface area (Å²) in [5.74, 6) is 11.3. The Morgan fingerprint density at radius 2 is 2.55 bits per heavy atom. The molecule has 1 aliphatic heterocycles. The Morgan fingerprint density at radius 1 is 1.73 bits per heavy atom. The molecule has 1 rings (SSSR count). The summed E-state index contributed by atoms with van der Waals surface area (Å²) in [6.07, 6.45) is 5.34. The third kappa shape index (κ3) is 2.99. The van der Waals surface area contributed by atoms with Gasteiger partial charge in [-0.2, -0.15) is 0 Å². The molecular weight excluding hydrogens is 138 g/mol. The van der Waals surface area contributed by atoms with E-state index in [1.165, 1.54) is 0 Å². The second-order valence-electron chi connectivity index (χ2n) is 2.40. The van der Waals surface area contributed by atoms with Gasteiger partial charge in [-0.25, -0.2) is 5.01 Å². The predicted molar refractivity (Wildman–Crippen MR) is 46.0 cm³/mol. The molecule has 0 aromatic rings. The molecule has 3 heteroatoms. The molecule has 0 aromatic carbocycles. The number of hydrogen-bond acceptors (Lipinski definition) is 3. The van der Waals surface area contributed by atoms with Crippen LogP contribution in [0.25, 0.3) is 0 Å². The lowest BCUT2D eigenvalue weighted by molar-refractivity contribution is 0.343. The molecule has 1 aliphatic rings. The van der Waals surface area contributed by atoms with Crippen molar-refractivity contribution in [3.05, 3.63) is 12.2 Å². The van der Waals surface area contributed by atoms with Crippen LogP contribution in [-0.2, 0) is 0 Å². The Morgan fingerprint density at radius 3 is 3.27 bits per heavy atom. The van der Waals surface area contributed by atoms with Crippen molar-refractivity contribution in [1.29, 1.82) is 0 Å². The van der Waals surface area contributed by atoms with Crippen molar-refractivity contribution < 1.29 is 0 Å². The van der Waals surface area contributed by atoms with Crippen LogP contribution in [0.3, 0.4) is 0 Å². The van der Waals surface area contributed by atoms with Crippen LogP contribution in [0.4, 0.5) is 0 Å². The van der Waals surface area contributed by atoms with Gasteiger partial charge in [-0.1, -0.05) is 11.8 Å². The molecule has 2 N–H and O–H groups in total. The molecule has 11 heavy (non-hydrogen) atoms. The minimum absolute atomic E-state index is 0.0139. The van der Waals surface area contributed by atoms with Crippen LogP contribution in [0.2, 0.25) is 0 Å². The first kappa shape index (κ1) is 7.99. The molecule has 0 amide bonds. The van der Waals surface area contributed by atoms with Crippen LogP contribution >= 0.6 is 0 Å². The summed E-state index contributed by atoms with van der Waals surface area (Å²) < 4.78 is 0. The van der Waals surface area contributed by atoms with Crippen molar-refractivity contribution in [2.24, 2.45) is 10.8 Å². The van der Waals surface area contributed by atoms with E-state index < -0.39 is 0 Å². The summed E-state index contributed by atoms with van der Waals surface area (Å²) >= 11 is 0. The Bertz CT molecular complexity index is 229. The average molecular weight is 149 g/mol. The normalized spacial score (nSPS) is 21.2. The molecule has 0 aromatic heterocycles. The highest BCUT2D eigenvalue weighted by Gasteiger charge is 2.02. The molecule has 1 heterocycles. The number of nitrogens with zero attached hydrogens (tertiary/aromatic N) is 2. The van der Waals surface area contributed by atoms with Crippen LogP contribution in [0.15, 0.2) is 17.1 Å². The molecule has 1 atom stereocenters. The van der Waals surface area contributed by atoms with E-state index in [9.17, 15) is 0 Å². The van der Waals surface area contributed by atoms with Gasteiger partial charge < -0.3 is 0 Å². The van der Waals surface area contributed by atoms with Crippen LogP contribution < -0.4 is 5.84 Å². The van der Waals surface area contributed by atoms with Crippen LogP contribution in [0.5, 0.6) is 0 Å². The Kier molecular flexibility index (Phi) is 2.84. The van der Waals surface area contributed by atoms with Crippen LogP contribution in [0, 0.1) is 11.8 Å². The Labute approximate surface area is 66.6 Å². The highest BCUT2D eigenvalue weighted by atomic mass is 15.4. The highest BCUT2D eigenvalue weighted by Crippen LogP contribution is 1.91. The fourth-order valence-corrected chi connectivity index (χ4v) is 0.792. The van der Waals surface area contributed by atoms with Crippen LogP contribution in [-0.4, -0.2) is 30.9 Å². The Hall–Kier alpha value is -1.11. The van der Waals surface area contributed by atoms with Gasteiger partial charge in [0.05, 0.1) is 0 Å². The van der Waals surface area contributed by atoms with E-state index >= 15 is 0 Å². The van der Waals surface area contributed by atoms with Gasteiger partial charge in [0.1, 0.15) is 6.04 Å². The van der Waals surface area contributed by atoms with Crippen LogP contribution in [0.1, 0.15) is 0 Å². The van der Waals surface area contributed by atoms with E-state index in [1.54, 1.807) is 24.3 Å². The van der Waals surface area contributed by atoms with Crippen molar-refractivity contribution in [3.63, 3.8) is 0 Å². The second-order valence-corrected chi connectivity index (χ2v) is 2.40. The van der Waals surface area contributed by atoms with E-state index in [0.717, 1.165) is 0 Å². The van der Waals surface area contributed by atoms with Crippen molar-refractivity contribution in [3.8, 4) is 11.8 Å². The van der Waals surface area contributed by atoms with Crippen molar-refractivity contribution in [1.82, 2.24) is 5.01 Å². The Balaban J connectivity index is 2.51. The SMILES string of the molecule is CN(N)CC1C#CC=CC=N1. The van der Waals surface area contributed by atoms with E-state index in [1.807, 2.05) is 6.08 Å². The maximum Gasteiger partial charge on any atom is 0.125 e. The number of nitrogens with two attached hydrogens (primary N) is 1. The molecular formula is C8H11N3. The van der Waals surface area contributed by atoms with Gasteiger partial charge in [0.2, 0.25) is 0 Å². The maximum atomic E-state index is 5.45.